The SMILES string of the molecule is Nc1ncc(Cc2ccc(Cl)cc2)c(-c2cnn3ncccc23)n1. The summed E-state index contributed by atoms with van der Waals surface area (Å²) in [6, 6.07) is 11.5. The quantitative estimate of drug-likeness (QED) is 0.622. The first-order valence-electron chi connectivity index (χ1n) is 7.36. The Morgan fingerprint density at radius 2 is 1.88 bits per heavy atom. The lowest BCUT2D eigenvalue weighted by molar-refractivity contribution is 0.800. The summed E-state index contributed by atoms with van der Waals surface area (Å²) in [5.74, 6) is 0.230. The van der Waals surface area contributed by atoms with Crippen LogP contribution in [0.15, 0.2) is 55.0 Å². The Balaban J connectivity index is 1.83. The second kappa shape index (κ2) is 5.90. The summed E-state index contributed by atoms with van der Waals surface area (Å²) in [4.78, 5) is 8.58. The van der Waals surface area contributed by atoms with Crippen molar-refractivity contribution in [3.05, 3.63) is 71.1 Å². The topological polar surface area (TPSA) is 82.0 Å². The third-order valence-electron chi connectivity index (χ3n) is 3.75. The molecule has 7 heteroatoms. The Bertz CT molecular complexity index is 1010. The molecule has 0 bridgehead atoms. The van der Waals surface area contributed by atoms with Gasteiger partial charge in [0.05, 0.1) is 17.4 Å². The third-order valence-corrected chi connectivity index (χ3v) is 4.00. The molecule has 0 aliphatic carbocycles. The number of anilines is 1. The van der Waals surface area contributed by atoms with Gasteiger partial charge >= 0.3 is 0 Å². The zero-order valence-electron chi connectivity index (χ0n) is 12.6. The summed E-state index contributed by atoms with van der Waals surface area (Å²) in [6.45, 7) is 0. The van der Waals surface area contributed by atoms with Crippen molar-refractivity contribution in [3.8, 4) is 11.3 Å². The smallest absolute Gasteiger partial charge is 0.220 e. The Morgan fingerprint density at radius 1 is 1.04 bits per heavy atom. The third kappa shape index (κ3) is 2.68. The number of benzene rings is 1. The lowest BCUT2D eigenvalue weighted by Crippen LogP contribution is -2.02. The van der Waals surface area contributed by atoms with E-state index in [2.05, 4.69) is 20.2 Å². The monoisotopic (exact) mass is 336 g/mol. The van der Waals surface area contributed by atoms with E-state index < -0.39 is 0 Å². The standard InChI is InChI=1S/C17H13ClN6/c18-13-5-3-11(4-6-13)8-12-9-20-17(19)23-16(12)14-10-22-24-15(14)2-1-7-21-24/h1-7,9-10H,8H2,(H2,19,20,23). The predicted octanol–water partition coefficient (Wildman–Crippen LogP) is 3.01. The first-order valence-corrected chi connectivity index (χ1v) is 7.74. The minimum absolute atomic E-state index is 0.230. The van der Waals surface area contributed by atoms with Crippen LogP contribution < -0.4 is 5.73 Å². The zero-order chi connectivity index (χ0) is 16.5. The first kappa shape index (κ1) is 14.6. The van der Waals surface area contributed by atoms with Gasteiger partial charge in [-0.2, -0.15) is 14.8 Å². The Kier molecular flexibility index (Phi) is 3.59. The molecule has 3 aromatic heterocycles. The molecule has 0 amide bonds. The minimum atomic E-state index is 0.230. The van der Waals surface area contributed by atoms with Gasteiger partial charge in [0.15, 0.2) is 0 Å². The van der Waals surface area contributed by atoms with E-state index >= 15 is 0 Å². The van der Waals surface area contributed by atoms with Crippen molar-refractivity contribution in [2.45, 2.75) is 6.42 Å². The van der Waals surface area contributed by atoms with E-state index in [1.165, 1.54) is 0 Å². The average Bonchev–Trinajstić information content (AvgIpc) is 3.02. The molecule has 1 aromatic carbocycles. The number of halogens is 1. The highest BCUT2D eigenvalue weighted by molar-refractivity contribution is 6.30. The van der Waals surface area contributed by atoms with E-state index in [-0.39, 0.29) is 5.95 Å². The molecule has 4 aromatic rings. The van der Waals surface area contributed by atoms with Crippen molar-refractivity contribution in [3.63, 3.8) is 0 Å². The van der Waals surface area contributed by atoms with Crippen LogP contribution in [0.2, 0.25) is 5.02 Å². The van der Waals surface area contributed by atoms with Gasteiger partial charge in [-0.3, -0.25) is 0 Å². The van der Waals surface area contributed by atoms with Crippen molar-refractivity contribution in [2.75, 3.05) is 5.73 Å². The fourth-order valence-corrected chi connectivity index (χ4v) is 2.75. The second-order valence-corrected chi connectivity index (χ2v) is 5.80. The fourth-order valence-electron chi connectivity index (χ4n) is 2.62. The summed E-state index contributed by atoms with van der Waals surface area (Å²) >= 11 is 5.95. The molecule has 0 aliphatic heterocycles. The summed E-state index contributed by atoms with van der Waals surface area (Å²) in [5, 5.41) is 9.17. The second-order valence-electron chi connectivity index (χ2n) is 5.36. The van der Waals surface area contributed by atoms with Crippen LogP contribution in [0.5, 0.6) is 0 Å². The molecular formula is C17H13ClN6. The van der Waals surface area contributed by atoms with Gasteiger partial charge in [-0.15, -0.1) is 0 Å². The lowest BCUT2D eigenvalue weighted by atomic mass is 10.0. The molecule has 0 aliphatic rings. The minimum Gasteiger partial charge on any atom is -0.368 e. The lowest BCUT2D eigenvalue weighted by Gasteiger charge is -2.08. The van der Waals surface area contributed by atoms with Crippen molar-refractivity contribution in [2.24, 2.45) is 0 Å². The zero-order valence-corrected chi connectivity index (χ0v) is 13.4. The van der Waals surface area contributed by atoms with E-state index in [0.717, 1.165) is 27.9 Å². The van der Waals surface area contributed by atoms with Crippen LogP contribution in [0.1, 0.15) is 11.1 Å². The fraction of sp³-hybridized carbons (Fsp3) is 0.0588. The molecule has 0 saturated carbocycles. The van der Waals surface area contributed by atoms with E-state index in [0.29, 0.717) is 11.4 Å². The molecule has 0 saturated heterocycles. The number of nitrogen functional groups attached to an aromatic ring is 1. The van der Waals surface area contributed by atoms with Crippen LogP contribution in [-0.2, 0) is 6.42 Å². The van der Waals surface area contributed by atoms with Crippen LogP contribution >= 0.6 is 11.6 Å². The van der Waals surface area contributed by atoms with Crippen molar-refractivity contribution in [1.29, 1.82) is 0 Å². The summed E-state index contributed by atoms with van der Waals surface area (Å²) in [7, 11) is 0. The first-order chi connectivity index (χ1) is 11.7. The molecule has 0 spiro atoms. The van der Waals surface area contributed by atoms with Gasteiger partial charge in [-0.1, -0.05) is 23.7 Å². The van der Waals surface area contributed by atoms with Gasteiger partial charge in [0, 0.05) is 35.0 Å². The Labute approximate surface area is 142 Å². The van der Waals surface area contributed by atoms with E-state index in [1.807, 2.05) is 36.4 Å². The number of fused-ring (bicyclic) bond motifs is 1. The number of aromatic nitrogens is 5. The Hall–Kier alpha value is -2.99. The van der Waals surface area contributed by atoms with Crippen molar-refractivity contribution in [1.82, 2.24) is 24.8 Å². The van der Waals surface area contributed by atoms with E-state index in [9.17, 15) is 0 Å². The van der Waals surface area contributed by atoms with Crippen LogP contribution in [0.4, 0.5) is 5.95 Å². The summed E-state index contributed by atoms with van der Waals surface area (Å²) in [5.41, 5.74) is 10.4. The number of nitrogens with two attached hydrogens (primary N) is 1. The van der Waals surface area contributed by atoms with Gasteiger partial charge in [0.1, 0.15) is 0 Å². The highest BCUT2D eigenvalue weighted by atomic mass is 35.5. The maximum atomic E-state index is 5.95. The predicted molar refractivity (Wildman–Crippen MR) is 92.7 cm³/mol. The summed E-state index contributed by atoms with van der Waals surface area (Å²) < 4.78 is 1.57. The largest absolute Gasteiger partial charge is 0.368 e. The highest BCUT2D eigenvalue weighted by Gasteiger charge is 2.14. The van der Waals surface area contributed by atoms with Gasteiger partial charge in [0.2, 0.25) is 5.95 Å². The van der Waals surface area contributed by atoms with E-state index in [4.69, 9.17) is 17.3 Å². The van der Waals surface area contributed by atoms with Crippen LogP contribution in [-0.4, -0.2) is 24.8 Å². The maximum Gasteiger partial charge on any atom is 0.220 e. The number of hydrogen-bond acceptors (Lipinski definition) is 5. The van der Waals surface area contributed by atoms with Crippen LogP contribution in [0.3, 0.4) is 0 Å². The van der Waals surface area contributed by atoms with Crippen LogP contribution in [0, 0.1) is 0 Å². The number of nitrogens with zero attached hydrogens (tertiary/aromatic N) is 5. The van der Waals surface area contributed by atoms with E-state index in [1.54, 1.807) is 23.2 Å². The number of rotatable bonds is 3. The molecular weight excluding hydrogens is 324 g/mol. The average molecular weight is 337 g/mol. The van der Waals surface area contributed by atoms with Gasteiger partial charge < -0.3 is 5.73 Å². The normalized spacial score (nSPS) is 11.0. The maximum absolute atomic E-state index is 5.95. The van der Waals surface area contributed by atoms with Crippen molar-refractivity contribution >= 4 is 23.1 Å². The van der Waals surface area contributed by atoms with Gasteiger partial charge in [-0.05, 0) is 29.8 Å². The Morgan fingerprint density at radius 3 is 2.71 bits per heavy atom. The van der Waals surface area contributed by atoms with Crippen LogP contribution in [0.25, 0.3) is 16.8 Å². The molecule has 2 N–H and O–H groups in total. The molecule has 118 valence electrons. The molecule has 3 heterocycles. The molecule has 6 nitrogen and oxygen atoms in total. The molecule has 0 unspecified atom stereocenters. The summed E-state index contributed by atoms with van der Waals surface area (Å²) in [6.07, 6.45) is 5.86. The molecule has 0 fully saturated rings. The number of hydrogen-bond donors (Lipinski definition) is 1. The van der Waals surface area contributed by atoms with Gasteiger partial charge in [-0.25, -0.2) is 9.97 Å². The van der Waals surface area contributed by atoms with Gasteiger partial charge in [0.25, 0.3) is 0 Å². The molecule has 0 radical (unpaired) electrons. The highest BCUT2D eigenvalue weighted by Crippen LogP contribution is 2.27. The molecule has 0 atom stereocenters. The molecule has 4 rings (SSSR count). The van der Waals surface area contributed by atoms with Crippen molar-refractivity contribution < 1.29 is 0 Å². The molecule has 24 heavy (non-hydrogen) atoms.